The number of nitrogens with one attached hydrogen (secondary N) is 1. The van der Waals surface area contributed by atoms with Gasteiger partial charge in [0.2, 0.25) is 0 Å². The van der Waals surface area contributed by atoms with Gasteiger partial charge in [0.05, 0.1) is 0 Å². The molecule has 1 aliphatic rings. The van der Waals surface area contributed by atoms with Crippen LogP contribution >= 0.6 is 0 Å². The first-order valence-corrected chi connectivity index (χ1v) is 6.29. The maximum Gasteiger partial charge on any atom is 0.0118 e. The summed E-state index contributed by atoms with van der Waals surface area (Å²) in [5.74, 6) is 3.58. The molecular weight excluding hydrogens is 170 g/mol. The molecule has 1 N–H and O–H groups in total. The highest BCUT2D eigenvalue weighted by atomic mass is 14.9. The summed E-state index contributed by atoms with van der Waals surface area (Å²) < 4.78 is 0. The third-order valence-electron chi connectivity index (χ3n) is 4.03. The Morgan fingerprint density at radius 2 is 1.79 bits per heavy atom. The molecule has 0 heterocycles. The SMILES string of the molecule is CCC(C(C)C1CC1)C(NC)C(C)C. The Morgan fingerprint density at radius 1 is 1.21 bits per heavy atom. The standard InChI is InChI=1S/C13H27N/c1-6-12(10(4)11-7-8-11)13(14-5)9(2)3/h9-14H,6-8H2,1-5H3. The van der Waals surface area contributed by atoms with E-state index in [1.165, 1.54) is 19.3 Å². The summed E-state index contributed by atoms with van der Waals surface area (Å²) in [6.45, 7) is 9.47. The molecule has 1 rings (SSSR count). The number of hydrogen-bond acceptors (Lipinski definition) is 1. The van der Waals surface area contributed by atoms with Crippen molar-refractivity contribution in [2.24, 2.45) is 23.7 Å². The third-order valence-corrected chi connectivity index (χ3v) is 4.03. The molecule has 1 aliphatic carbocycles. The van der Waals surface area contributed by atoms with E-state index in [4.69, 9.17) is 0 Å². The van der Waals surface area contributed by atoms with Gasteiger partial charge in [-0.2, -0.15) is 0 Å². The van der Waals surface area contributed by atoms with Crippen LogP contribution in [0, 0.1) is 23.7 Å². The lowest BCUT2D eigenvalue weighted by Crippen LogP contribution is -2.41. The van der Waals surface area contributed by atoms with Crippen LogP contribution in [0.15, 0.2) is 0 Å². The second-order valence-corrected chi connectivity index (χ2v) is 5.33. The maximum absolute atomic E-state index is 3.52. The van der Waals surface area contributed by atoms with E-state index in [9.17, 15) is 0 Å². The molecule has 0 aromatic heterocycles. The topological polar surface area (TPSA) is 12.0 Å². The van der Waals surface area contributed by atoms with Gasteiger partial charge in [-0.1, -0.05) is 34.1 Å². The molecule has 0 radical (unpaired) electrons. The molecule has 3 unspecified atom stereocenters. The van der Waals surface area contributed by atoms with Gasteiger partial charge in [-0.3, -0.25) is 0 Å². The Morgan fingerprint density at radius 3 is 2.07 bits per heavy atom. The molecule has 1 fully saturated rings. The Labute approximate surface area is 89.7 Å². The molecular formula is C13H27N. The molecule has 1 heteroatoms. The molecule has 0 bridgehead atoms. The Hall–Kier alpha value is -0.0400. The van der Waals surface area contributed by atoms with Crippen LogP contribution in [0.4, 0.5) is 0 Å². The third kappa shape index (κ3) is 2.73. The van der Waals surface area contributed by atoms with E-state index < -0.39 is 0 Å². The Kier molecular flexibility index (Phi) is 4.43. The second kappa shape index (κ2) is 5.16. The molecule has 0 amide bonds. The van der Waals surface area contributed by atoms with E-state index in [0.717, 1.165) is 23.7 Å². The van der Waals surface area contributed by atoms with Crippen molar-refractivity contribution in [2.45, 2.75) is 53.0 Å². The van der Waals surface area contributed by atoms with E-state index in [1.807, 2.05) is 0 Å². The smallest absolute Gasteiger partial charge is 0.0118 e. The highest BCUT2D eigenvalue weighted by Gasteiger charge is 2.36. The van der Waals surface area contributed by atoms with E-state index >= 15 is 0 Å². The molecule has 1 nitrogen and oxygen atoms in total. The fraction of sp³-hybridized carbons (Fsp3) is 1.00. The van der Waals surface area contributed by atoms with Gasteiger partial charge in [0.15, 0.2) is 0 Å². The van der Waals surface area contributed by atoms with Crippen LogP contribution in [-0.4, -0.2) is 13.1 Å². The maximum atomic E-state index is 3.52. The van der Waals surface area contributed by atoms with Crippen molar-refractivity contribution < 1.29 is 0 Å². The summed E-state index contributed by atoms with van der Waals surface area (Å²) >= 11 is 0. The first-order chi connectivity index (χ1) is 6.61. The molecule has 84 valence electrons. The fourth-order valence-electron chi connectivity index (χ4n) is 2.97. The first kappa shape index (κ1) is 12.0. The quantitative estimate of drug-likeness (QED) is 0.689. The predicted molar refractivity (Wildman–Crippen MR) is 63.4 cm³/mol. The van der Waals surface area contributed by atoms with E-state index in [1.54, 1.807) is 0 Å². The van der Waals surface area contributed by atoms with Crippen LogP contribution in [0.3, 0.4) is 0 Å². The van der Waals surface area contributed by atoms with Crippen molar-refractivity contribution in [3.63, 3.8) is 0 Å². The summed E-state index contributed by atoms with van der Waals surface area (Å²) in [6, 6.07) is 0.704. The largest absolute Gasteiger partial charge is 0.316 e. The summed E-state index contributed by atoms with van der Waals surface area (Å²) in [5.41, 5.74) is 0. The summed E-state index contributed by atoms with van der Waals surface area (Å²) in [7, 11) is 2.12. The first-order valence-electron chi connectivity index (χ1n) is 6.29. The van der Waals surface area contributed by atoms with Crippen LogP contribution in [0.1, 0.15) is 47.0 Å². The van der Waals surface area contributed by atoms with Gasteiger partial charge in [-0.05, 0) is 43.6 Å². The van der Waals surface area contributed by atoms with Gasteiger partial charge in [0.25, 0.3) is 0 Å². The lowest BCUT2D eigenvalue weighted by molar-refractivity contribution is 0.200. The van der Waals surface area contributed by atoms with E-state index in [0.29, 0.717) is 6.04 Å². The molecule has 3 atom stereocenters. The van der Waals surface area contributed by atoms with Gasteiger partial charge in [-0.15, -0.1) is 0 Å². The highest BCUT2D eigenvalue weighted by molar-refractivity contribution is 4.88. The average Bonchev–Trinajstić information content (AvgIpc) is 2.95. The average molecular weight is 197 g/mol. The minimum atomic E-state index is 0.704. The van der Waals surface area contributed by atoms with Crippen LogP contribution in [0.5, 0.6) is 0 Å². The lowest BCUT2D eigenvalue weighted by Gasteiger charge is -2.34. The van der Waals surface area contributed by atoms with Crippen molar-refractivity contribution in [1.29, 1.82) is 0 Å². The molecule has 14 heavy (non-hydrogen) atoms. The molecule has 0 aliphatic heterocycles. The van der Waals surface area contributed by atoms with Gasteiger partial charge in [0, 0.05) is 6.04 Å². The monoisotopic (exact) mass is 197 g/mol. The highest BCUT2D eigenvalue weighted by Crippen LogP contribution is 2.42. The summed E-state index contributed by atoms with van der Waals surface area (Å²) in [5, 5.41) is 3.52. The number of hydrogen-bond donors (Lipinski definition) is 1. The predicted octanol–water partition coefficient (Wildman–Crippen LogP) is 3.30. The molecule has 0 aromatic carbocycles. The van der Waals surface area contributed by atoms with Crippen molar-refractivity contribution in [3.8, 4) is 0 Å². The minimum absolute atomic E-state index is 0.704. The van der Waals surface area contributed by atoms with Crippen LogP contribution in [0.25, 0.3) is 0 Å². The van der Waals surface area contributed by atoms with Crippen molar-refractivity contribution in [1.82, 2.24) is 5.32 Å². The van der Waals surface area contributed by atoms with Crippen molar-refractivity contribution >= 4 is 0 Å². The van der Waals surface area contributed by atoms with Crippen molar-refractivity contribution in [2.75, 3.05) is 7.05 Å². The van der Waals surface area contributed by atoms with E-state index in [2.05, 4.69) is 40.1 Å². The summed E-state index contributed by atoms with van der Waals surface area (Å²) in [6.07, 6.45) is 4.28. The summed E-state index contributed by atoms with van der Waals surface area (Å²) in [4.78, 5) is 0. The zero-order chi connectivity index (χ0) is 10.7. The Bertz CT molecular complexity index is 161. The minimum Gasteiger partial charge on any atom is -0.316 e. The fourth-order valence-corrected chi connectivity index (χ4v) is 2.97. The van der Waals surface area contributed by atoms with E-state index in [-0.39, 0.29) is 0 Å². The molecule has 0 saturated heterocycles. The molecule has 0 aromatic rings. The van der Waals surface area contributed by atoms with Gasteiger partial charge >= 0.3 is 0 Å². The molecule has 1 saturated carbocycles. The van der Waals surface area contributed by atoms with Gasteiger partial charge in [0.1, 0.15) is 0 Å². The Balaban J connectivity index is 2.56. The van der Waals surface area contributed by atoms with Gasteiger partial charge < -0.3 is 5.32 Å². The zero-order valence-electron chi connectivity index (χ0n) is 10.5. The normalized spacial score (nSPS) is 23.6. The van der Waals surface area contributed by atoms with Crippen LogP contribution in [-0.2, 0) is 0 Å². The van der Waals surface area contributed by atoms with Crippen LogP contribution in [0.2, 0.25) is 0 Å². The van der Waals surface area contributed by atoms with Gasteiger partial charge in [-0.25, -0.2) is 0 Å². The van der Waals surface area contributed by atoms with Crippen molar-refractivity contribution in [3.05, 3.63) is 0 Å². The zero-order valence-corrected chi connectivity index (χ0v) is 10.5. The molecule has 0 spiro atoms. The second-order valence-electron chi connectivity index (χ2n) is 5.33. The lowest BCUT2D eigenvalue weighted by atomic mass is 9.78. The number of rotatable bonds is 6. The van der Waals surface area contributed by atoms with Crippen LogP contribution < -0.4 is 5.32 Å².